The maximum atomic E-state index is 12.4. The van der Waals surface area contributed by atoms with Gasteiger partial charge in [0, 0.05) is 13.1 Å². The molecular formula is C15H23N3O3. The molecule has 0 atom stereocenters. The first-order valence-corrected chi connectivity index (χ1v) is 8.04. The van der Waals surface area contributed by atoms with Crippen molar-refractivity contribution in [2.75, 3.05) is 19.6 Å². The molecule has 0 unspecified atom stereocenters. The van der Waals surface area contributed by atoms with E-state index in [-0.39, 0.29) is 18.4 Å². The molecule has 6 nitrogen and oxygen atoms in total. The average molecular weight is 293 g/mol. The van der Waals surface area contributed by atoms with Crippen molar-refractivity contribution in [3.8, 4) is 0 Å². The third kappa shape index (κ3) is 2.51. The lowest BCUT2D eigenvalue weighted by atomic mass is 9.88. The third-order valence-corrected chi connectivity index (χ3v) is 5.09. The number of hydrogen-bond acceptors (Lipinski definition) is 3. The monoisotopic (exact) mass is 293 g/mol. The van der Waals surface area contributed by atoms with Gasteiger partial charge in [0.2, 0.25) is 5.91 Å². The van der Waals surface area contributed by atoms with Gasteiger partial charge in [-0.25, -0.2) is 4.79 Å². The first-order valence-electron chi connectivity index (χ1n) is 8.04. The van der Waals surface area contributed by atoms with Crippen LogP contribution < -0.4 is 5.32 Å². The summed E-state index contributed by atoms with van der Waals surface area (Å²) in [5, 5.41) is 2.43. The van der Waals surface area contributed by atoms with Crippen LogP contribution in [0.2, 0.25) is 0 Å². The summed E-state index contributed by atoms with van der Waals surface area (Å²) in [6.07, 6.45) is 7.48. The highest BCUT2D eigenvalue weighted by atomic mass is 16.2. The number of imide groups is 1. The van der Waals surface area contributed by atoms with Crippen LogP contribution in [-0.2, 0) is 9.59 Å². The van der Waals surface area contributed by atoms with Crippen molar-refractivity contribution in [3.63, 3.8) is 0 Å². The highest BCUT2D eigenvalue weighted by Gasteiger charge is 2.53. The highest BCUT2D eigenvalue weighted by Crippen LogP contribution is 2.36. The Morgan fingerprint density at radius 1 is 1.00 bits per heavy atom. The number of hydrogen-bond donors (Lipinski definition) is 1. The lowest BCUT2D eigenvalue weighted by Crippen LogP contribution is -2.52. The lowest BCUT2D eigenvalue weighted by molar-refractivity contribution is -0.133. The summed E-state index contributed by atoms with van der Waals surface area (Å²) in [7, 11) is 0. The first-order chi connectivity index (χ1) is 10.1. The Morgan fingerprint density at radius 2 is 1.62 bits per heavy atom. The van der Waals surface area contributed by atoms with Crippen LogP contribution in [0.5, 0.6) is 0 Å². The van der Waals surface area contributed by atoms with E-state index in [4.69, 9.17) is 0 Å². The SMILES string of the molecule is O=C(CN1C(=O)NC(=O)C12CCCCCC2)N1CCCC1. The maximum Gasteiger partial charge on any atom is 0.325 e. The van der Waals surface area contributed by atoms with E-state index in [0.717, 1.165) is 51.6 Å². The number of amides is 4. The minimum Gasteiger partial charge on any atom is -0.341 e. The summed E-state index contributed by atoms with van der Waals surface area (Å²) in [5.74, 6) is -0.232. The Hall–Kier alpha value is -1.59. The van der Waals surface area contributed by atoms with Crippen LogP contribution in [0.1, 0.15) is 51.4 Å². The van der Waals surface area contributed by atoms with Gasteiger partial charge in [0.05, 0.1) is 0 Å². The zero-order chi connectivity index (χ0) is 14.9. The summed E-state index contributed by atoms with van der Waals surface area (Å²) >= 11 is 0. The summed E-state index contributed by atoms with van der Waals surface area (Å²) in [4.78, 5) is 40.2. The van der Waals surface area contributed by atoms with Crippen molar-refractivity contribution in [2.45, 2.75) is 56.9 Å². The second-order valence-electron chi connectivity index (χ2n) is 6.38. The Bertz CT molecular complexity index is 449. The number of carbonyl (C=O) groups is 3. The van der Waals surface area contributed by atoms with Gasteiger partial charge in [-0.15, -0.1) is 0 Å². The van der Waals surface area contributed by atoms with Crippen LogP contribution in [0.15, 0.2) is 0 Å². The first kappa shape index (κ1) is 14.4. The van der Waals surface area contributed by atoms with E-state index in [1.54, 1.807) is 4.90 Å². The van der Waals surface area contributed by atoms with Crippen LogP contribution >= 0.6 is 0 Å². The molecule has 0 radical (unpaired) electrons. The van der Waals surface area contributed by atoms with Crippen molar-refractivity contribution in [1.82, 2.24) is 15.1 Å². The van der Waals surface area contributed by atoms with Crippen molar-refractivity contribution in [1.29, 1.82) is 0 Å². The number of nitrogens with zero attached hydrogens (tertiary/aromatic N) is 2. The zero-order valence-corrected chi connectivity index (χ0v) is 12.4. The van der Waals surface area contributed by atoms with E-state index in [2.05, 4.69) is 5.32 Å². The molecule has 3 fully saturated rings. The molecule has 2 saturated heterocycles. The Morgan fingerprint density at radius 3 is 2.24 bits per heavy atom. The molecule has 1 aliphatic carbocycles. The van der Waals surface area contributed by atoms with Crippen LogP contribution in [-0.4, -0.2) is 52.8 Å². The molecule has 2 heterocycles. The van der Waals surface area contributed by atoms with E-state index in [1.807, 2.05) is 0 Å². The summed E-state index contributed by atoms with van der Waals surface area (Å²) < 4.78 is 0. The number of carbonyl (C=O) groups excluding carboxylic acids is 3. The van der Waals surface area contributed by atoms with Gasteiger partial charge >= 0.3 is 6.03 Å². The van der Waals surface area contributed by atoms with Gasteiger partial charge in [0.15, 0.2) is 0 Å². The molecule has 1 N–H and O–H groups in total. The van der Waals surface area contributed by atoms with Crippen LogP contribution in [0.4, 0.5) is 4.79 Å². The third-order valence-electron chi connectivity index (χ3n) is 5.09. The number of urea groups is 1. The van der Waals surface area contributed by atoms with Crippen molar-refractivity contribution >= 4 is 17.8 Å². The normalized spacial score (nSPS) is 25.3. The summed E-state index contributed by atoms with van der Waals surface area (Å²) in [6.45, 7) is 1.59. The van der Waals surface area contributed by atoms with Crippen molar-refractivity contribution in [3.05, 3.63) is 0 Å². The molecule has 2 aliphatic heterocycles. The summed E-state index contributed by atoms with van der Waals surface area (Å²) in [6, 6.07) is -0.394. The Kier molecular flexibility index (Phi) is 3.87. The van der Waals surface area contributed by atoms with Gasteiger partial charge in [-0.2, -0.15) is 0 Å². The molecule has 0 aromatic heterocycles. The lowest BCUT2D eigenvalue weighted by Gasteiger charge is -2.34. The molecular weight excluding hydrogens is 270 g/mol. The predicted molar refractivity (Wildman–Crippen MR) is 76.5 cm³/mol. The second-order valence-corrected chi connectivity index (χ2v) is 6.38. The minimum atomic E-state index is -0.775. The molecule has 116 valence electrons. The molecule has 0 aromatic carbocycles. The van der Waals surface area contributed by atoms with Gasteiger partial charge in [-0.3, -0.25) is 14.9 Å². The van der Waals surface area contributed by atoms with Gasteiger partial charge in [-0.1, -0.05) is 25.7 Å². The molecule has 1 saturated carbocycles. The fourth-order valence-corrected chi connectivity index (χ4v) is 3.83. The number of rotatable bonds is 2. The molecule has 3 rings (SSSR count). The zero-order valence-electron chi connectivity index (χ0n) is 12.4. The van der Waals surface area contributed by atoms with E-state index in [0.29, 0.717) is 12.8 Å². The van der Waals surface area contributed by atoms with Crippen LogP contribution in [0, 0.1) is 0 Å². The Balaban J connectivity index is 1.78. The van der Waals surface area contributed by atoms with Gasteiger partial charge in [0.1, 0.15) is 12.1 Å². The van der Waals surface area contributed by atoms with Gasteiger partial charge in [0.25, 0.3) is 5.91 Å². The topological polar surface area (TPSA) is 69.7 Å². The molecule has 0 bridgehead atoms. The van der Waals surface area contributed by atoms with Gasteiger partial charge in [-0.05, 0) is 25.7 Å². The fourth-order valence-electron chi connectivity index (χ4n) is 3.83. The standard InChI is InChI=1S/C15H23N3O3/c19-12(17-9-5-6-10-17)11-18-14(21)16-13(20)15(18)7-3-1-2-4-8-15/h1-11H2,(H,16,20,21). The minimum absolute atomic E-state index is 0.0269. The van der Waals surface area contributed by atoms with Gasteiger partial charge < -0.3 is 9.80 Å². The van der Waals surface area contributed by atoms with E-state index in [9.17, 15) is 14.4 Å². The predicted octanol–water partition coefficient (Wildman–Crippen LogP) is 1.25. The quantitative estimate of drug-likeness (QED) is 0.779. The molecule has 6 heteroatoms. The number of likely N-dealkylation sites (tertiary alicyclic amines) is 1. The molecule has 1 spiro atoms. The smallest absolute Gasteiger partial charge is 0.325 e. The van der Waals surface area contributed by atoms with E-state index >= 15 is 0 Å². The number of nitrogens with one attached hydrogen (secondary N) is 1. The van der Waals surface area contributed by atoms with E-state index < -0.39 is 11.6 Å². The van der Waals surface area contributed by atoms with Crippen molar-refractivity contribution < 1.29 is 14.4 Å². The van der Waals surface area contributed by atoms with Crippen molar-refractivity contribution in [2.24, 2.45) is 0 Å². The van der Waals surface area contributed by atoms with Crippen LogP contribution in [0.3, 0.4) is 0 Å². The van der Waals surface area contributed by atoms with Crippen LogP contribution in [0.25, 0.3) is 0 Å². The maximum absolute atomic E-state index is 12.4. The average Bonchev–Trinajstić information content (AvgIpc) is 2.97. The second kappa shape index (κ2) is 5.66. The summed E-state index contributed by atoms with van der Waals surface area (Å²) in [5.41, 5.74) is -0.775. The molecule has 4 amide bonds. The molecule has 21 heavy (non-hydrogen) atoms. The Labute approximate surface area is 124 Å². The fraction of sp³-hybridized carbons (Fsp3) is 0.800. The van der Waals surface area contributed by atoms with E-state index in [1.165, 1.54) is 4.90 Å². The molecule has 0 aromatic rings. The molecule has 3 aliphatic rings. The highest BCUT2D eigenvalue weighted by molar-refractivity contribution is 6.08. The largest absolute Gasteiger partial charge is 0.341 e.